The number of hydrogen-bond acceptors (Lipinski definition) is 5. The van der Waals surface area contributed by atoms with E-state index in [-0.39, 0.29) is 5.69 Å². The smallest absolute Gasteiger partial charge is 0.354 e. The molecule has 0 aromatic carbocycles. The van der Waals surface area contributed by atoms with Gasteiger partial charge < -0.3 is 5.11 Å². The molecule has 0 aliphatic rings. The first-order chi connectivity index (χ1) is 9.90. The lowest BCUT2D eigenvalue weighted by atomic mass is 10.1. The van der Waals surface area contributed by atoms with Crippen molar-refractivity contribution in [2.45, 2.75) is 40.0 Å². The molecule has 0 amide bonds. The first-order valence-corrected chi connectivity index (χ1v) is 6.81. The number of nitrogens with one attached hydrogen (secondary N) is 1. The Morgan fingerprint density at radius 1 is 1.29 bits per heavy atom. The van der Waals surface area contributed by atoms with E-state index in [0.717, 1.165) is 17.8 Å². The molecule has 7 nitrogen and oxygen atoms in total. The molecule has 0 unspecified atom stereocenters. The van der Waals surface area contributed by atoms with Crippen LogP contribution in [0.4, 0.5) is 0 Å². The van der Waals surface area contributed by atoms with E-state index in [9.17, 15) is 4.79 Å². The van der Waals surface area contributed by atoms with Crippen LogP contribution >= 0.6 is 0 Å². The molecule has 2 aromatic heterocycles. The number of nitrogens with zero attached hydrogens (tertiary/aromatic N) is 4. The second-order valence-electron chi connectivity index (χ2n) is 5.36. The molecule has 2 aromatic rings. The summed E-state index contributed by atoms with van der Waals surface area (Å²) in [6.07, 6.45) is 2.50. The van der Waals surface area contributed by atoms with Crippen LogP contribution in [0.2, 0.25) is 0 Å². The molecule has 21 heavy (non-hydrogen) atoms. The van der Waals surface area contributed by atoms with Gasteiger partial charge in [-0.3, -0.25) is 0 Å². The molecule has 0 fully saturated rings. The number of carboxylic acid groups (broad SMARTS) is 1. The van der Waals surface area contributed by atoms with Crippen molar-refractivity contribution in [3.8, 4) is 0 Å². The molecule has 0 saturated carbocycles. The number of aromatic amines is 1. The van der Waals surface area contributed by atoms with Gasteiger partial charge in [0, 0.05) is 12.6 Å². The third kappa shape index (κ3) is 6.11. The topological polar surface area (TPSA) is 105 Å². The van der Waals surface area contributed by atoms with E-state index in [4.69, 9.17) is 5.11 Å². The van der Waals surface area contributed by atoms with Gasteiger partial charge in [0.1, 0.15) is 5.69 Å². The molecule has 2 heterocycles. The summed E-state index contributed by atoms with van der Waals surface area (Å²) in [4.78, 5) is 14.2. The fourth-order valence-corrected chi connectivity index (χ4v) is 1.51. The van der Waals surface area contributed by atoms with Crippen LogP contribution in [0.3, 0.4) is 0 Å². The molecule has 0 aliphatic heterocycles. The van der Waals surface area contributed by atoms with Crippen LogP contribution in [0.25, 0.3) is 0 Å². The molecule has 0 bridgehead atoms. The molecule has 0 radical (unpaired) electrons. The van der Waals surface area contributed by atoms with Gasteiger partial charge in [0.25, 0.3) is 0 Å². The molecule has 0 aliphatic carbocycles. The van der Waals surface area contributed by atoms with Gasteiger partial charge in [0.05, 0.1) is 0 Å². The predicted molar refractivity (Wildman–Crippen MR) is 78.0 cm³/mol. The minimum atomic E-state index is -0.981. The van der Waals surface area contributed by atoms with Crippen molar-refractivity contribution in [2.75, 3.05) is 0 Å². The van der Waals surface area contributed by atoms with Gasteiger partial charge >= 0.3 is 5.97 Å². The van der Waals surface area contributed by atoms with Crippen LogP contribution in [0.1, 0.15) is 55.5 Å². The largest absolute Gasteiger partial charge is 0.477 e. The van der Waals surface area contributed by atoms with Crippen molar-refractivity contribution < 1.29 is 9.90 Å². The third-order valence-electron chi connectivity index (χ3n) is 2.65. The lowest BCUT2D eigenvalue weighted by molar-refractivity contribution is 0.0690. The first-order valence-electron chi connectivity index (χ1n) is 6.81. The van der Waals surface area contributed by atoms with E-state index in [2.05, 4.69) is 39.5 Å². The Kier molecular flexibility index (Phi) is 6.45. The Labute approximate surface area is 123 Å². The van der Waals surface area contributed by atoms with Crippen molar-refractivity contribution in [3.05, 3.63) is 35.4 Å². The SMILES string of the molecule is CC(C)Cc1nn[nH]n1.CC(C)c1ccc(C(=O)O)nc1. The van der Waals surface area contributed by atoms with Gasteiger partial charge in [0.2, 0.25) is 0 Å². The van der Waals surface area contributed by atoms with Crippen molar-refractivity contribution >= 4 is 5.97 Å². The first kappa shape index (κ1) is 16.7. The maximum absolute atomic E-state index is 10.4. The zero-order chi connectivity index (χ0) is 15.8. The number of H-pyrrole nitrogens is 1. The highest BCUT2D eigenvalue weighted by molar-refractivity contribution is 5.85. The number of tetrazole rings is 1. The Hall–Kier alpha value is -2.31. The average Bonchev–Trinajstić information content (AvgIpc) is 2.91. The average molecular weight is 291 g/mol. The molecule has 0 spiro atoms. The van der Waals surface area contributed by atoms with Crippen molar-refractivity contribution in [3.63, 3.8) is 0 Å². The quantitative estimate of drug-likeness (QED) is 0.895. The zero-order valence-corrected chi connectivity index (χ0v) is 12.7. The van der Waals surface area contributed by atoms with Crippen LogP contribution in [0.15, 0.2) is 18.3 Å². The number of pyridine rings is 1. The van der Waals surface area contributed by atoms with Crippen LogP contribution in [0, 0.1) is 5.92 Å². The number of rotatable bonds is 4. The molecular weight excluding hydrogens is 270 g/mol. The van der Waals surface area contributed by atoms with E-state index in [1.54, 1.807) is 12.3 Å². The van der Waals surface area contributed by atoms with Gasteiger partial charge in [-0.1, -0.05) is 39.0 Å². The molecule has 0 atom stereocenters. The Balaban J connectivity index is 0.000000219. The Morgan fingerprint density at radius 3 is 2.38 bits per heavy atom. The lowest BCUT2D eigenvalue weighted by Crippen LogP contribution is -2.00. The summed E-state index contributed by atoms with van der Waals surface area (Å²) in [5, 5.41) is 22.0. The summed E-state index contributed by atoms with van der Waals surface area (Å²) >= 11 is 0. The maximum Gasteiger partial charge on any atom is 0.354 e. The highest BCUT2D eigenvalue weighted by Gasteiger charge is 2.04. The number of carbonyl (C=O) groups is 1. The summed E-state index contributed by atoms with van der Waals surface area (Å²) in [5.74, 6) is 0.804. The summed E-state index contributed by atoms with van der Waals surface area (Å²) in [7, 11) is 0. The van der Waals surface area contributed by atoms with Crippen molar-refractivity contribution in [1.29, 1.82) is 0 Å². The maximum atomic E-state index is 10.4. The van der Waals surface area contributed by atoms with Crippen molar-refractivity contribution in [2.24, 2.45) is 5.92 Å². The summed E-state index contributed by atoms with van der Waals surface area (Å²) in [6, 6.07) is 3.32. The fourth-order valence-electron chi connectivity index (χ4n) is 1.51. The number of aromatic carboxylic acids is 1. The van der Waals surface area contributed by atoms with E-state index in [1.807, 2.05) is 13.8 Å². The van der Waals surface area contributed by atoms with Gasteiger partial charge in [-0.25, -0.2) is 9.78 Å². The van der Waals surface area contributed by atoms with Crippen LogP contribution in [0.5, 0.6) is 0 Å². The predicted octanol–water partition coefficient (Wildman–Crippen LogP) is 2.30. The fraction of sp³-hybridized carbons (Fsp3) is 0.500. The minimum Gasteiger partial charge on any atom is -0.477 e. The van der Waals surface area contributed by atoms with Crippen LogP contribution in [-0.4, -0.2) is 36.7 Å². The van der Waals surface area contributed by atoms with E-state index in [1.165, 1.54) is 6.07 Å². The van der Waals surface area contributed by atoms with Gasteiger partial charge in [-0.05, 0) is 23.5 Å². The van der Waals surface area contributed by atoms with Gasteiger partial charge in [-0.2, -0.15) is 5.21 Å². The summed E-state index contributed by atoms with van der Waals surface area (Å²) in [5.41, 5.74) is 1.15. The molecule has 0 saturated heterocycles. The second kappa shape index (κ2) is 8.08. The third-order valence-corrected chi connectivity index (χ3v) is 2.65. The molecular formula is C14H21N5O2. The molecule has 7 heteroatoms. The number of carboxylic acids is 1. The minimum absolute atomic E-state index is 0.0967. The monoisotopic (exact) mass is 291 g/mol. The highest BCUT2D eigenvalue weighted by Crippen LogP contribution is 2.12. The summed E-state index contributed by atoms with van der Waals surface area (Å²) < 4.78 is 0. The van der Waals surface area contributed by atoms with E-state index < -0.39 is 5.97 Å². The van der Waals surface area contributed by atoms with Gasteiger partial charge in [0.15, 0.2) is 5.82 Å². The Morgan fingerprint density at radius 2 is 2.00 bits per heavy atom. The van der Waals surface area contributed by atoms with E-state index >= 15 is 0 Å². The highest BCUT2D eigenvalue weighted by atomic mass is 16.4. The molecule has 114 valence electrons. The molecule has 2 rings (SSSR count). The van der Waals surface area contributed by atoms with Crippen molar-refractivity contribution in [1.82, 2.24) is 25.6 Å². The van der Waals surface area contributed by atoms with Crippen LogP contribution in [-0.2, 0) is 6.42 Å². The number of aromatic nitrogens is 5. The standard InChI is InChI=1S/C9H11NO2.C5H10N4/c1-6(2)7-3-4-8(9(11)12)10-5-7;1-4(2)3-5-6-8-9-7-5/h3-6H,1-2H3,(H,11,12);4H,3H2,1-2H3,(H,6,7,8,9). The number of hydrogen-bond donors (Lipinski definition) is 2. The van der Waals surface area contributed by atoms with Gasteiger partial charge in [-0.15, -0.1) is 10.2 Å². The zero-order valence-electron chi connectivity index (χ0n) is 12.7. The molecule has 2 N–H and O–H groups in total. The van der Waals surface area contributed by atoms with E-state index in [0.29, 0.717) is 11.8 Å². The second-order valence-corrected chi connectivity index (χ2v) is 5.36. The lowest BCUT2D eigenvalue weighted by Gasteiger charge is -2.03. The van der Waals surface area contributed by atoms with Crippen LogP contribution < -0.4 is 0 Å². The summed E-state index contributed by atoms with van der Waals surface area (Å²) in [6.45, 7) is 8.32. The Bertz CT molecular complexity index is 535. The normalized spacial score (nSPS) is 10.4.